The molecule has 5 nitrogen and oxygen atoms in total. The first-order valence-corrected chi connectivity index (χ1v) is 5.44. The zero-order valence-corrected chi connectivity index (χ0v) is 10.3. The monoisotopic (exact) mass is 239 g/mol. The van der Waals surface area contributed by atoms with Gasteiger partial charge in [-0.15, -0.1) is 0 Å². The zero-order valence-electron chi connectivity index (χ0n) is 9.50. The predicted molar refractivity (Wildman–Crippen MR) is 64.7 cm³/mol. The molecule has 0 atom stereocenters. The van der Waals surface area contributed by atoms with Crippen LogP contribution in [0.4, 0.5) is 11.8 Å². The molecule has 0 radical (unpaired) electrons. The molecule has 1 heterocycles. The quantitative estimate of drug-likeness (QED) is 0.789. The molecule has 0 saturated heterocycles. The van der Waals surface area contributed by atoms with E-state index in [2.05, 4.69) is 20.6 Å². The highest BCUT2D eigenvalue weighted by Crippen LogP contribution is 2.22. The molecule has 6 heteroatoms. The molecule has 16 heavy (non-hydrogen) atoms. The summed E-state index contributed by atoms with van der Waals surface area (Å²) in [6.45, 7) is 6.56. The molecule has 0 fully saturated rings. The van der Waals surface area contributed by atoms with Gasteiger partial charge in [-0.05, 0) is 20.8 Å². The van der Waals surface area contributed by atoms with Crippen molar-refractivity contribution in [2.45, 2.75) is 26.8 Å². The lowest BCUT2D eigenvalue weighted by Crippen LogP contribution is -2.14. The van der Waals surface area contributed by atoms with Crippen LogP contribution in [0, 0.1) is 11.3 Å². The molecule has 1 aromatic heterocycles. The average molecular weight is 240 g/mol. The molecule has 0 aliphatic carbocycles. The summed E-state index contributed by atoms with van der Waals surface area (Å²) in [5.41, 5.74) is 0.275. The van der Waals surface area contributed by atoms with E-state index in [0.29, 0.717) is 18.3 Å². The molecular formula is C10H14ClN5. The van der Waals surface area contributed by atoms with Crippen molar-refractivity contribution in [2.24, 2.45) is 0 Å². The molecule has 0 aromatic carbocycles. The van der Waals surface area contributed by atoms with Gasteiger partial charge in [-0.3, -0.25) is 0 Å². The lowest BCUT2D eigenvalue weighted by Gasteiger charge is -2.12. The Labute approximate surface area is 99.9 Å². The molecule has 0 bridgehead atoms. The molecule has 1 rings (SSSR count). The molecule has 0 unspecified atom stereocenters. The van der Waals surface area contributed by atoms with Gasteiger partial charge in [0, 0.05) is 12.6 Å². The zero-order chi connectivity index (χ0) is 12.1. The standard InChI is InChI=1S/C10H14ClN5/c1-4-13-10-15-8(11)7(5-12)9(16-10)14-6(2)3/h6H,4H2,1-3H3,(H2,13,14,15,16). The highest BCUT2D eigenvalue weighted by Gasteiger charge is 2.13. The molecule has 0 spiro atoms. The third kappa shape index (κ3) is 2.97. The second-order valence-electron chi connectivity index (χ2n) is 3.50. The summed E-state index contributed by atoms with van der Waals surface area (Å²) in [6.07, 6.45) is 0. The van der Waals surface area contributed by atoms with Crippen molar-refractivity contribution in [3.63, 3.8) is 0 Å². The SMILES string of the molecule is CCNc1nc(Cl)c(C#N)c(NC(C)C)n1. The summed E-state index contributed by atoms with van der Waals surface area (Å²) < 4.78 is 0. The largest absolute Gasteiger partial charge is 0.367 e. The number of anilines is 2. The first-order valence-electron chi connectivity index (χ1n) is 5.06. The Hall–Kier alpha value is -1.54. The molecule has 1 aromatic rings. The lowest BCUT2D eigenvalue weighted by molar-refractivity contribution is 0.884. The molecule has 0 aliphatic rings. The van der Waals surface area contributed by atoms with E-state index in [1.807, 2.05) is 26.8 Å². The number of hydrogen-bond acceptors (Lipinski definition) is 5. The van der Waals surface area contributed by atoms with Gasteiger partial charge in [-0.2, -0.15) is 15.2 Å². The topological polar surface area (TPSA) is 73.6 Å². The van der Waals surface area contributed by atoms with Crippen LogP contribution in [0.5, 0.6) is 0 Å². The van der Waals surface area contributed by atoms with E-state index >= 15 is 0 Å². The maximum atomic E-state index is 8.96. The van der Waals surface area contributed by atoms with Crippen LogP contribution in [0.3, 0.4) is 0 Å². The van der Waals surface area contributed by atoms with Crippen molar-refractivity contribution in [1.29, 1.82) is 5.26 Å². The van der Waals surface area contributed by atoms with Gasteiger partial charge in [0.15, 0.2) is 11.0 Å². The van der Waals surface area contributed by atoms with E-state index in [-0.39, 0.29) is 16.8 Å². The minimum atomic E-state index is 0.164. The van der Waals surface area contributed by atoms with Crippen molar-refractivity contribution < 1.29 is 0 Å². The van der Waals surface area contributed by atoms with Crippen molar-refractivity contribution in [3.8, 4) is 6.07 Å². The third-order valence-corrected chi connectivity index (χ3v) is 2.01. The Balaban J connectivity index is 3.15. The van der Waals surface area contributed by atoms with Crippen LogP contribution in [0.1, 0.15) is 26.3 Å². The molecule has 0 saturated carbocycles. The van der Waals surface area contributed by atoms with Crippen LogP contribution in [-0.4, -0.2) is 22.6 Å². The highest BCUT2D eigenvalue weighted by molar-refractivity contribution is 6.31. The molecule has 2 N–H and O–H groups in total. The fourth-order valence-electron chi connectivity index (χ4n) is 1.15. The van der Waals surface area contributed by atoms with E-state index in [1.165, 1.54) is 0 Å². The molecule has 86 valence electrons. The van der Waals surface area contributed by atoms with Crippen LogP contribution >= 0.6 is 11.6 Å². The second-order valence-corrected chi connectivity index (χ2v) is 3.86. The van der Waals surface area contributed by atoms with Gasteiger partial charge in [-0.1, -0.05) is 11.6 Å². The normalized spacial score (nSPS) is 10.0. The summed E-state index contributed by atoms with van der Waals surface area (Å²) in [5, 5.41) is 15.1. The predicted octanol–water partition coefficient (Wildman–Crippen LogP) is 2.25. The van der Waals surface area contributed by atoms with Gasteiger partial charge in [0.1, 0.15) is 11.6 Å². The Morgan fingerprint density at radius 2 is 2.12 bits per heavy atom. The van der Waals surface area contributed by atoms with Crippen LogP contribution in [0.25, 0.3) is 0 Å². The van der Waals surface area contributed by atoms with E-state index in [9.17, 15) is 0 Å². The Kier molecular flexibility index (Phi) is 4.32. The van der Waals surface area contributed by atoms with Crippen molar-refractivity contribution in [3.05, 3.63) is 10.7 Å². The molecule has 0 aliphatic heterocycles. The number of hydrogen-bond donors (Lipinski definition) is 2. The highest BCUT2D eigenvalue weighted by atomic mass is 35.5. The fourth-order valence-corrected chi connectivity index (χ4v) is 1.36. The Morgan fingerprint density at radius 3 is 2.62 bits per heavy atom. The summed E-state index contributed by atoms with van der Waals surface area (Å²) in [4.78, 5) is 8.18. The minimum Gasteiger partial charge on any atom is -0.367 e. The number of aromatic nitrogens is 2. The van der Waals surface area contributed by atoms with Gasteiger partial charge in [0.2, 0.25) is 5.95 Å². The number of nitrogens with zero attached hydrogens (tertiary/aromatic N) is 3. The van der Waals surface area contributed by atoms with Gasteiger partial charge in [-0.25, -0.2) is 0 Å². The summed E-state index contributed by atoms with van der Waals surface area (Å²) in [5.74, 6) is 0.892. The first kappa shape index (κ1) is 12.5. The summed E-state index contributed by atoms with van der Waals surface area (Å²) in [7, 11) is 0. The van der Waals surface area contributed by atoms with E-state index in [1.54, 1.807) is 0 Å². The molecular weight excluding hydrogens is 226 g/mol. The Morgan fingerprint density at radius 1 is 1.44 bits per heavy atom. The van der Waals surface area contributed by atoms with Crippen molar-refractivity contribution in [2.75, 3.05) is 17.2 Å². The average Bonchev–Trinajstić information content (AvgIpc) is 2.16. The van der Waals surface area contributed by atoms with E-state index in [0.717, 1.165) is 0 Å². The van der Waals surface area contributed by atoms with E-state index < -0.39 is 0 Å². The fraction of sp³-hybridized carbons (Fsp3) is 0.500. The van der Waals surface area contributed by atoms with Crippen LogP contribution in [0.2, 0.25) is 5.15 Å². The van der Waals surface area contributed by atoms with Gasteiger partial charge in [0.25, 0.3) is 0 Å². The van der Waals surface area contributed by atoms with Crippen LogP contribution in [0.15, 0.2) is 0 Å². The smallest absolute Gasteiger partial charge is 0.226 e. The van der Waals surface area contributed by atoms with Crippen LogP contribution < -0.4 is 10.6 Å². The van der Waals surface area contributed by atoms with Crippen LogP contribution in [-0.2, 0) is 0 Å². The maximum Gasteiger partial charge on any atom is 0.226 e. The van der Waals surface area contributed by atoms with Gasteiger partial charge >= 0.3 is 0 Å². The first-order chi connectivity index (χ1) is 7.58. The van der Waals surface area contributed by atoms with E-state index in [4.69, 9.17) is 16.9 Å². The summed E-state index contributed by atoms with van der Waals surface area (Å²) >= 11 is 5.90. The maximum absolute atomic E-state index is 8.96. The summed E-state index contributed by atoms with van der Waals surface area (Å²) in [6, 6.07) is 2.16. The number of nitrogens with one attached hydrogen (secondary N) is 2. The van der Waals surface area contributed by atoms with Gasteiger partial charge in [0.05, 0.1) is 0 Å². The number of rotatable bonds is 4. The van der Waals surface area contributed by atoms with Crippen molar-refractivity contribution in [1.82, 2.24) is 9.97 Å². The van der Waals surface area contributed by atoms with Crippen molar-refractivity contribution >= 4 is 23.4 Å². The second kappa shape index (κ2) is 5.52. The lowest BCUT2D eigenvalue weighted by atomic mass is 10.3. The minimum absolute atomic E-state index is 0.164. The molecule has 0 amide bonds. The van der Waals surface area contributed by atoms with Gasteiger partial charge < -0.3 is 10.6 Å². The number of nitriles is 1. The Bertz CT molecular complexity index is 410. The third-order valence-electron chi connectivity index (χ3n) is 1.74. The number of halogens is 1.